The molecule has 0 aliphatic carbocycles. The molecule has 0 bridgehead atoms. The van der Waals surface area contributed by atoms with E-state index < -0.39 is 0 Å². The highest BCUT2D eigenvalue weighted by Gasteiger charge is 2.01. The molecule has 0 fully saturated rings. The summed E-state index contributed by atoms with van der Waals surface area (Å²) < 4.78 is 0. The Hall–Kier alpha value is -0.240. The summed E-state index contributed by atoms with van der Waals surface area (Å²) in [5.74, 6) is 0. The van der Waals surface area contributed by atoms with Crippen LogP contribution < -0.4 is 0 Å². The first-order valence-corrected chi connectivity index (χ1v) is 11.4. The van der Waals surface area contributed by atoms with Gasteiger partial charge in [-0.25, -0.2) is 0 Å². The smallest absolute Gasteiger partial charge is 0.0359 e. The maximum atomic E-state index is 2.44. The van der Waals surface area contributed by atoms with Crippen LogP contribution in [-0.4, -0.2) is 18.0 Å². The minimum Gasteiger partial charge on any atom is -0.374 e. The van der Waals surface area contributed by atoms with Crippen molar-refractivity contribution in [3.8, 4) is 0 Å². The van der Waals surface area contributed by atoms with Gasteiger partial charge in [0.25, 0.3) is 0 Å². The van der Waals surface area contributed by atoms with E-state index in [1.807, 2.05) is 0 Å². The van der Waals surface area contributed by atoms with Crippen LogP contribution >= 0.6 is 17.0 Å². The fourth-order valence-electron chi connectivity index (χ4n) is 3.64. The summed E-state index contributed by atoms with van der Waals surface area (Å²) in [6, 6.07) is 0. The molecule has 0 amide bonds. The molecule has 0 N–H and O–H groups in total. The van der Waals surface area contributed by atoms with E-state index >= 15 is 0 Å². The van der Waals surface area contributed by atoms with Gasteiger partial charge >= 0.3 is 0 Å². The van der Waals surface area contributed by atoms with Crippen LogP contribution in [0.4, 0.5) is 0 Å². The Morgan fingerprint density at radius 3 is 1.50 bits per heavy atom. The van der Waals surface area contributed by atoms with E-state index in [2.05, 4.69) is 37.1 Å². The summed E-state index contributed by atoms with van der Waals surface area (Å²) in [5.41, 5.74) is 1.41. The van der Waals surface area contributed by atoms with E-state index in [0.717, 1.165) is 6.54 Å². The van der Waals surface area contributed by atoms with Gasteiger partial charge in [-0.05, 0) is 25.6 Å². The van der Waals surface area contributed by atoms with Crippen molar-refractivity contribution in [2.45, 2.75) is 117 Å². The van der Waals surface area contributed by atoms with E-state index in [0.29, 0.717) is 0 Å². The molecule has 0 radical (unpaired) electrons. The fraction of sp³-hybridized carbons (Fsp3) is 0.833. The van der Waals surface area contributed by atoms with Gasteiger partial charge in [0.2, 0.25) is 0 Å². The maximum Gasteiger partial charge on any atom is 0.0359 e. The lowest BCUT2D eigenvalue weighted by atomic mass is 10.0. The predicted molar refractivity (Wildman–Crippen MR) is 124 cm³/mol. The molecule has 0 atom stereocenters. The molecule has 1 heterocycles. The maximum absolute atomic E-state index is 2.44. The molecule has 1 rings (SSSR count). The van der Waals surface area contributed by atoms with Gasteiger partial charge < -0.3 is 4.90 Å². The van der Waals surface area contributed by atoms with E-state index in [4.69, 9.17) is 0 Å². The van der Waals surface area contributed by atoms with Gasteiger partial charge in [-0.2, -0.15) is 0 Å². The normalized spacial score (nSPS) is 13.6. The first kappa shape index (κ1) is 25.8. The lowest BCUT2D eigenvalue weighted by Crippen LogP contribution is -2.20. The van der Waals surface area contributed by atoms with Crippen LogP contribution in [0.2, 0.25) is 0 Å². The van der Waals surface area contributed by atoms with E-state index in [1.165, 1.54) is 115 Å². The van der Waals surface area contributed by atoms with Gasteiger partial charge in [-0.15, -0.1) is 17.0 Å². The number of unbranched alkanes of at least 4 members (excludes halogenated alkanes) is 15. The largest absolute Gasteiger partial charge is 0.374 e. The first-order chi connectivity index (χ1) is 12.3. The topological polar surface area (TPSA) is 3.24 Å². The van der Waals surface area contributed by atoms with Crippen molar-refractivity contribution in [1.82, 2.24) is 4.90 Å². The highest BCUT2D eigenvalue weighted by atomic mass is 79.9. The lowest BCUT2D eigenvalue weighted by Gasteiger charge is -2.21. The van der Waals surface area contributed by atoms with Crippen molar-refractivity contribution < 1.29 is 0 Å². The third-order valence-electron chi connectivity index (χ3n) is 5.49. The quantitative estimate of drug-likeness (QED) is 0.210. The zero-order chi connectivity index (χ0) is 18.0. The van der Waals surface area contributed by atoms with Crippen molar-refractivity contribution in [2.24, 2.45) is 0 Å². The van der Waals surface area contributed by atoms with Gasteiger partial charge in [0, 0.05) is 13.1 Å². The van der Waals surface area contributed by atoms with Crippen LogP contribution in [-0.2, 0) is 0 Å². The molecule has 0 aromatic carbocycles. The first-order valence-electron chi connectivity index (χ1n) is 11.4. The molecule has 26 heavy (non-hydrogen) atoms. The van der Waals surface area contributed by atoms with Crippen molar-refractivity contribution in [3.05, 3.63) is 23.9 Å². The third kappa shape index (κ3) is 16.0. The second kappa shape index (κ2) is 19.5. The Kier molecular flexibility index (Phi) is 19.3. The van der Waals surface area contributed by atoms with Gasteiger partial charge in [-0.1, -0.05) is 115 Å². The fourth-order valence-corrected chi connectivity index (χ4v) is 3.64. The van der Waals surface area contributed by atoms with E-state index in [-0.39, 0.29) is 17.0 Å². The van der Waals surface area contributed by atoms with E-state index in [9.17, 15) is 0 Å². The van der Waals surface area contributed by atoms with Crippen LogP contribution in [0, 0.1) is 0 Å². The van der Waals surface area contributed by atoms with E-state index in [1.54, 1.807) is 0 Å². The summed E-state index contributed by atoms with van der Waals surface area (Å²) in [4.78, 5) is 2.44. The molecule has 1 aliphatic rings. The molecule has 0 spiro atoms. The van der Waals surface area contributed by atoms with Crippen LogP contribution in [0.5, 0.6) is 0 Å². The Balaban J connectivity index is 0.00000625. The van der Waals surface area contributed by atoms with Crippen LogP contribution in [0.3, 0.4) is 0 Å². The molecule has 0 unspecified atom stereocenters. The second-order valence-electron chi connectivity index (χ2n) is 8.06. The average Bonchev–Trinajstić information content (AvgIpc) is 2.63. The van der Waals surface area contributed by atoms with Crippen molar-refractivity contribution in [1.29, 1.82) is 0 Å². The zero-order valence-electron chi connectivity index (χ0n) is 17.8. The van der Waals surface area contributed by atoms with Gasteiger partial charge in [-0.3, -0.25) is 0 Å². The average molecular weight is 429 g/mol. The standard InChI is InChI=1S/C24H45N.BrH/c1-3-4-5-6-7-8-9-10-11-12-13-14-15-16-17-18-21-25-22-19-24(2)20-23-25;/h19-20,22H,3-18,21,23H2,1-2H3;1H. The molecule has 154 valence electrons. The molecule has 1 aliphatic heterocycles. The van der Waals surface area contributed by atoms with Gasteiger partial charge in [0.1, 0.15) is 0 Å². The molecule has 1 nitrogen and oxygen atoms in total. The molecule has 0 aromatic rings. The summed E-state index contributed by atoms with van der Waals surface area (Å²) in [5, 5.41) is 0. The number of hydrogen-bond donors (Lipinski definition) is 0. The Morgan fingerprint density at radius 2 is 1.12 bits per heavy atom. The summed E-state index contributed by atoms with van der Waals surface area (Å²) in [6.45, 7) is 6.83. The summed E-state index contributed by atoms with van der Waals surface area (Å²) >= 11 is 0. The monoisotopic (exact) mass is 427 g/mol. The number of hydrogen-bond acceptors (Lipinski definition) is 1. The van der Waals surface area contributed by atoms with Crippen LogP contribution in [0.25, 0.3) is 0 Å². The van der Waals surface area contributed by atoms with Crippen molar-refractivity contribution in [2.75, 3.05) is 13.1 Å². The Bertz CT molecular complexity index is 348. The van der Waals surface area contributed by atoms with Crippen molar-refractivity contribution >= 4 is 17.0 Å². The van der Waals surface area contributed by atoms with Gasteiger partial charge in [0.15, 0.2) is 0 Å². The van der Waals surface area contributed by atoms with Crippen molar-refractivity contribution in [3.63, 3.8) is 0 Å². The lowest BCUT2D eigenvalue weighted by molar-refractivity contribution is 0.390. The number of allylic oxidation sites excluding steroid dienone is 2. The summed E-state index contributed by atoms with van der Waals surface area (Å²) in [7, 11) is 0. The molecule has 2 heteroatoms. The SMILES string of the molecule is Br.CCCCCCCCCCCCCCCCCCN1C=CC(C)=CC1. The molecular formula is C24H46BrN. The second-order valence-corrected chi connectivity index (χ2v) is 8.06. The van der Waals surface area contributed by atoms with Crippen LogP contribution in [0.15, 0.2) is 23.9 Å². The highest BCUT2D eigenvalue weighted by Crippen LogP contribution is 2.14. The molecule has 0 aromatic heterocycles. The molecule has 0 saturated heterocycles. The minimum absolute atomic E-state index is 0. The zero-order valence-corrected chi connectivity index (χ0v) is 19.5. The van der Waals surface area contributed by atoms with Gasteiger partial charge in [0.05, 0.1) is 0 Å². The minimum atomic E-state index is 0. The molecular weight excluding hydrogens is 382 g/mol. The molecule has 0 saturated carbocycles. The number of halogens is 1. The Morgan fingerprint density at radius 1 is 0.692 bits per heavy atom. The number of nitrogens with zero attached hydrogens (tertiary/aromatic N) is 1. The third-order valence-corrected chi connectivity index (χ3v) is 5.49. The summed E-state index contributed by atoms with van der Waals surface area (Å²) in [6.07, 6.45) is 30.0. The Labute approximate surface area is 175 Å². The van der Waals surface area contributed by atoms with Crippen LogP contribution in [0.1, 0.15) is 117 Å². The highest BCUT2D eigenvalue weighted by molar-refractivity contribution is 8.93. The predicted octanol–water partition coefficient (Wildman–Crippen LogP) is 8.60. The number of rotatable bonds is 17.